The van der Waals surface area contributed by atoms with Crippen molar-refractivity contribution in [3.8, 4) is 17.1 Å². The predicted octanol–water partition coefficient (Wildman–Crippen LogP) is 4.66. The molecule has 0 unspecified atom stereocenters. The van der Waals surface area contributed by atoms with Crippen LogP contribution in [0.1, 0.15) is 24.9 Å². The van der Waals surface area contributed by atoms with E-state index in [1.165, 1.54) is 4.90 Å². The first-order chi connectivity index (χ1) is 23.5. The number of aliphatic carboxylic acids is 1. The molecule has 16 heteroatoms. The summed E-state index contributed by atoms with van der Waals surface area (Å²) in [6, 6.07) is 7.02. The van der Waals surface area contributed by atoms with Crippen molar-refractivity contribution < 1.29 is 41.7 Å². The molecule has 0 radical (unpaired) electrons. The molecule has 3 saturated heterocycles. The van der Waals surface area contributed by atoms with Gasteiger partial charge in [-0.3, -0.25) is 9.97 Å². The first kappa shape index (κ1) is 31.2. The number of fused-ring (bicyclic) bond motifs is 3. The van der Waals surface area contributed by atoms with Gasteiger partial charge in [-0.15, -0.1) is 0 Å². The van der Waals surface area contributed by atoms with E-state index < -0.39 is 35.7 Å². The molecule has 1 aromatic carbocycles. The van der Waals surface area contributed by atoms with Gasteiger partial charge in [-0.1, -0.05) is 12.1 Å². The minimum atomic E-state index is -4.89. The van der Waals surface area contributed by atoms with Crippen LogP contribution in [0.25, 0.3) is 33.3 Å². The summed E-state index contributed by atoms with van der Waals surface area (Å²) in [5.41, 5.74) is 2.38. The summed E-state index contributed by atoms with van der Waals surface area (Å²) in [6.07, 6.45) is -0.833. The van der Waals surface area contributed by atoms with Crippen LogP contribution in [0.15, 0.2) is 53.3 Å². The number of ether oxygens (including phenoxy) is 3. The fourth-order valence-corrected chi connectivity index (χ4v) is 6.73. The average molecular weight is 678 g/mol. The van der Waals surface area contributed by atoms with E-state index in [1.807, 2.05) is 19.9 Å². The van der Waals surface area contributed by atoms with E-state index in [0.717, 1.165) is 5.69 Å². The summed E-state index contributed by atoms with van der Waals surface area (Å²) >= 11 is 0. The van der Waals surface area contributed by atoms with Gasteiger partial charge >= 0.3 is 12.1 Å². The van der Waals surface area contributed by atoms with E-state index in [1.54, 1.807) is 42.9 Å². The number of pyridine rings is 1. The molecule has 3 atom stereocenters. The molecule has 1 spiro atoms. The van der Waals surface area contributed by atoms with E-state index in [2.05, 4.69) is 29.8 Å². The normalized spacial score (nSPS) is 22.2. The maximum atomic E-state index is 14.1. The number of benzene rings is 1. The molecule has 5 aromatic rings. The number of aromatic nitrogens is 5. The molecular weight excluding hydrogens is 647 g/mol. The summed E-state index contributed by atoms with van der Waals surface area (Å²) in [4.78, 5) is 37.1. The number of carboxylic acid groups (broad SMARTS) is 1. The number of rotatable bonds is 6. The number of alkyl halides is 3. The minimum Gasteiger partial charge on any atom is -0.480 e. The van der Waals surface area contributed by atoms with Crippen molar-refractivity contribution >= 4 is 39.5 Å². The predicted molar refractivity (Wildman–Crippen MR) is 168 cm³/mol. The highest BCUT2D eigenvalue weighted by Gasteiger charge is 2.50. The second-order valence-electron chi connectivity index (χ2n) is 12.5. The Morgan fingerprint density at radius 2 is 1.90 bits per heavy atom. The summed E-state index contributed by atoms with van der Waals surface area (Å²) in [5.74, 6) is -2.69. The highest BCUT2D eigenvalue weighted by molar-refractivity contribution is 6.06. The summed E-state index contributed by atoms with van der Waals surface area (Å²) in [5, 5.41) is 10.6. The van der Waals surface area contributed by atoms with Crippen molar-refractivity contribution in [3.05, 3.63) is 60.4 Å². The molecule has 0 aliphatic carbocycles. The number of furan rings is 1. The molecule has 0 amide bonds. The van der Waals surface area contributed by atoms with E-state index in [0.29, 0.717) is 54.3 Å². The molecule has 49 heavy (non-hydrogen) atoms. The van der Waals surface area contributed by atoms with Gasteiger partial charge in [0.15, 0.2) is 11.4 Å². The smallest absolute Gasteiger partial charge is 0.451 e. The van der Waals surface area contributed by atoms with Crippen LogP contribution >= 0.6 is 0 Å². The second-order valence-corrected chi connectivity index (χ2v) is 12.5. The number of aryl methyl sites for hydroxylation is 1. The lowest BCUT2D eigenvalue weighted by molar-refractivity contribution is -0.228. The van der Waals surface area contributed by atoms with Crippen LogP contribution in [-0.4, -0.2) is 92.7 Å². The topological polar surface area (TPSA) is 149 Å². The van der Waals surface area contributed by atoms with Crippen molar-refractivity contribution in [1.82, 2.24) is 24.9 Å². The highest BCUT2D eigenvalue weighted by Crippen LogP contribution is 2.42. The zero-order valence-electron chi connectivity index (χ0n) is 26.3. The van der Waals surface area contributed by atoms with Gasteiger partial charge in [-0.05, 0) is 32.0 Å². The van der Waals surface area contributed by atoms with Gasteiger partial charge in [0.05, 0.1) is 50.0 Å². The largest absolute Gasteiger partial charge is 0.480 e. The lowest BCUT2D eigenvalue weighted by Crippen LogP contribution is -2.68. The van der Waals surface area contributed by atoms with E-state index in [4.69, 9.17) is 18.6 Å². The fourth-order valence-electron chi connectivity index (χ4n) is 6.73. The SMILES string of the molecule is Cc1cnc(-c2cnc(O[C@H]3C[C@@H](C(=O)O)N(c4nc(C(F)(F)F)nc5c4oc4ccccc45)C3)c(N3CCOC4(COC4)[C@@H]3C)c2)cn1. The number of nitrogens with zero attached hydrogens (tertiary/aromatic N) is 7. The molecule has 0 saturated carbocycles. The van der Waals surface area contributed by atoms with Crippen molar-refractivity contribution in [1.29, 1.82) is 0 Å². The standard InChI is InChI=1S/C33H30F3N7O6/c1-17-11-38-22(13-37-17)19-9-23(42-7-8-47-32(18(42)2)15-46-16-32)29(39-12-19)48-20-10-24(30(44)45)43(14-20)28-27-26(40-31(41-28)33(34,35)36)21-5-3-4-6-25(21)49-27/h3-6,9,11-13,18,20,24H,7-8,10,14-16H2,1-2H3,(H,44,45)/t18-,20-,24-/m0/s1. The molecule has 4 aromatic heterocycles. The van der Waals surface area contributed by atoms with Crippen LogP contribution < -0.4 is 14.5 Å². The van der Waals surface area contributed by atoms with Gasteiger partial charge in [0.2, 0.25) is 11.7 Å². The van der Waals surface area contributed by atoms with Gasteiger partial charge in [-0.25, -0.2) is 19.7 Å². The van der Waals surface area contributed by atoms with Gasteiger partial charge in [0.25, 0.3) is 0 Å². The maximum Gasteiger partial charge on any atom is 0.451 e. The van der Waals surface area contributed by atoms with Crippen LogP contribution in [0, 0.1) is 6.92 Å². The lowest BCUT2D eigenvalue weighted by atomic mass is 9.90. The van der Waals surface area contributed by atoms with E-state index in [9.17, 15) is 23.1 Å². The van der Waals surface area contributed by atoms with Crippen LogP contribution in [0.4, 0.5) is 24.7 Å². The van der Waals surface area contributed by atoms with Crippen molar-refractivity contribution in [2.45, 2.75) is 50.2 Å². The third-order valence-corrected chi connectivity index (χ3v) is 9.42. The number of morpholine rings is 1. The summed E-state index contributed by atoms with van der Waals surface area (Å²) in [7, 11) is 0. The molecular formula is C33H30F3N7O6. The number of hydrogen-bond donors (Lipinski definition) is 1. The molecule has 254 valence electrons. The molecule has 3 aliphatic heterocycles. The zero-order valence-corrected chi connectivity index (χ0v) is 26.3. The maximum absolute atomic E-state index is 14.1. The third kappa shape index (κ3) is 5.35. The Balaban J connectivity index is 1.18. The monoisotopic (exact) mass is 677 g/mol. The summed E-state index contributed by atoms with van der Waals surface area (Å²) < 4.78 is 66.3. The molecule has 0 bridgehead atoms. The molecule has 13 nitrogen and oxygen atoms in total. The van der Waals surface area contributed by atoms with Gasteiger partial charge in [0.1, 0.15) is 34.5 Å². The Bertz CT molecular complexity index is 2070. The molecule has 3 fully saturated rings. The summed E-state index contributed by atoms with van der Waals surface area (Å²) in [6.45, 7) is 5.59. The van der Waals surface area contributed by atoms with Crippen LogP contribution in [0.5, 0.6) is 5.88 Å². The second kappa shape index (κ2) is 11.5. The number of carboxylic acids is 1. The van der Waals surface area contributed by atoms with Crippen LogP contribution in [-0.2, 0) is 20.4 Å². The first-order valence-corrected chi connectivity index (χ1v) is 15.7. The number of anilines is 2. The van der Waals surface area contributed by atoms with E-state index in [-0.39, 0.29) is 41.8 Å². The molecule has 1 N–H and O–H groups in total. The van der Waals surface area contributed by atoms with Gasteiger partial charge in [0, 0.05) is 36.3 Å². The van der Waals surface area contributed by atoms with E-state index >= 15 is 0 Å². The molecule has 3 aliphatic rings. The molecule has 8 rings (SSSR count). The number of para-hydroxylation sites is 1. The Morgan fingerprint density at radius 1 is 1.08 bits per heavy atom. The quantitative estimate of drug-likeness (QED) is 0.266. The Hall–Kier alpha value is -5.09. The van der Waals surface area contributed by atoms with Crippen LogP contribution in [0.3, 0.4) is 0 Å². The number of carbonyl (C=O) groups is 1. The fraction of sp³-hybridized carbons (Fsp3) is 0.394. The van der Waals surface area contributed by atoms with Crippen molar-refractivity contribution in [2.24, 2.45) is 0 Å². The number of hydrogen-bond acceptors (Lipinski definition) is 12. The lowest BCUT2D eigenvalue weighted by Gasteiger charge is -2.53. The zero-order chi connectivity index (χ0) is 34.1. The highest BCUT2D eigenvalue weighted by atomic mass is 19.4. The number of halogens is 3. The minimum absolute atomic E-state index is 0.0429. The van der Waals surface area contributed by atoms with Crippen molar-refractivity contribution in [3.63, 3.8) is 0 Å². The first-order valence-electron chi connectivity index (χ1n) is 15.7. The van der Waals surface area contributed by atoms with Gasteiger partial charge in [-0.2, -0.15) is 13.2 Å². The Labute approximate surface area is 276 Å². The Kier molecular flexibility index (Phi) is 7.33. The molecule has 7 heterocycles. The third-order valence-electron chi connectivity index (χ3n) is 9.42. The average Bonchev–Trinajstić information content (AvgIpc) is 3.66. The Morgan fingerprint density at radius 3 is 2.61 bits per heavy atom. The van der Waals surface area contributed by atoms with Gasteiger partial charge < -0.3 is 33.5 Å². The van der Waals surface area contributed by atoms with Crippen molar-refractivity contribution in [2.75, 3.05) is 42.7 Å². The van der Waals surface area contributed by atoms with Crippen LogP contribution in [0.2, 0.25) is 0 Å².